The highest BCUT2D eigenvalue weighted by Crippen LogP contribution is 2.25. The minimum atomic E-state index is -1.08. The number of rotatable bonds is 6. The molecule has 1 heterocycles. The third-order valence-corrected chi connectivity index (χ3v) is 5.45. The number of nitrogens with zero attached hydrogens (tertiary/aromatic N) is 2. The normalized spacial score (nSPS) is 19.1. The molecule has 3 atom stereocenters. The first-order valence-corrected chi connectivity index (χ1v) is 10.2. The maximum atomic E-state index is 12.9. The molecule has 1 aliphatic rings. The fourth-order valence-electron chi connectivity index (χ4n) is 2.53. The van der Waals surface area contributed by atoms with E-state index in [1.54, 1.807) is 34.6 Å². The number of nitrogens with one attached hydrogen (secondary N) is 1. The first-order valence-electron chi connectivity index (χ1n) is 9.17. The van der Waals surface area contributed by atoms with Crippen LogP contribution in [0.5, 0.6) is 0 Å². The second-order valence-corrected chi connectivity index (χ2v) is 9.28. The Morgan fingerprint density at radius 1 is 1.21 bits per heavy atom. The van der Waals surface area contributed by atoms with Crippen molar-refractivity contribution >= 4 is 35.6 Å². The number of likely N-dealkylation sites (N-methyl/N-ethyl adjacent to an activating group) is 1. The van der Waals surface area contributed by atoms with Gasteiger partial charge < -0.3 is 20.1 Å². The molecular weight excluding hydrogens is 386 g/mol. The van der Waals surface area contributed by atoms with E-state index in [2.05, 4.69) is 5.32 Å². The van der Waals surface area contributed by atoms with Crippen molar-refractivity contribution in [1.29, 1.82) is 0 Å². The number of thioether (sulfide) groups is 1. The second kappa shape index (κ2) is 9.49. The Morgan fingerprint density at radius 2 is 1.79 bits per heavy atom. The molecule has 10 heteroatoms. The predicted octanol–water partition coefficient (Wildman–Crippen LogP) is 1.37. The molecule has 0 aromatic carbocycles. The molecule has 3 amide bonds. The van der Waals surface area contributed by atoms with Gasteiger partial charge in [0.05, 0.1) is 0 Å². The highest BCUT2D eigenvalue weighted by atomic mass is 32.2. The number of amides is 3. The Morgan fingerprint density at radius 3 is 2.25 bits per heavy atom. The van der Waals surface area contributed by atoms with E-state index in [1.165, 1.54) is 30.6 Å². The first kappa shape index (κ1) is 24.1. The van der Waals surface area contributed by atoms with Crippen LogP contribution in [0.2, 0.25) is 0 Å². The summed E-state index contributed by atoms with van der Waals surface area (Å²) in [4.78, 5) is 51.5. The SMILES string of the molecule is CC(C)C(NC(=O)C(C)N(C)C(=O)OC(C)(C)C)C(=O)N1CCSC1C(=O)O. The molecule has 0 aliphatic carbocycles. The average Bonchev–Trinajstić information content (AvgIpc) is 3.05. The molecule has 3 unspecified atom stereocenters. The van der Waals surface area contributed by atoms with Gasteiger partial charge in [-0.1, -0.05) is 13.8 Å². The first-order chi connectivity index (χ1) is 12.8. The van der Waals surface area contributed by atoms with Gasteiger partial charge in [-0.2, -0.15) is 0 Å². The smallest absolute Gasteiger partial charge is 0.410 e. The average molecular weight is 418 g/mol. The zero-order valence-electron chi connectivity index (χ0n) is 17.5. The molecule has 1 aliphatic heterocycles. The molecule has 28 heavy (non-hydrogen) atoms. The summed E-state index contributed by atoms with van der Waals surface area (Å²) in [6.07, 6.45) is -0.649. The van der Waals surface area contributed by atoms with Crippen LogP contribution in [0.3, 0.4) is 0 Å². The summed E-state index contributed by atoms with van der Waals surface area (Å²) in [7, 11) is 1.45. The van der Waals surface area contributed by atoms with Crippen LogP contribution in [0.4, 0.5) is 4.79 Å². The van der Waals surface area contributed by atoms with Gasteiger partial charge in [0.15, 0.2) is 5.37 Å². The molecule has 1 fully saturated rings. The number of ether oxygens (including phenoxy) is 1. The van der Waals surface area contributed by atoms with Crippen LogP contribution in [0.1, 0.15) is 41.5 Å². The van der Waals surface area contributed by atoms with E-state index in [0.717, 1.165) is 4.90 Å². The maximum Gasteiger partial charge on any atom is 0.410 e. The summed E-state index contributed by atoms with van der Waals surface area (Å²) < 4.78 is 5.26. The van der Waals surface area contributed by atoms with Crippen molar-refractivity contribution in [3.05, 3.63) is 0 Å². The van der Waals surface area contributed by atoms with Gasteiger partial charge in [0.25, 0.3) is 0 Å². The summed E-state index contributed by atoms with van der Waals surface area (Å²) in [6, 6.07) is -1.75. The lowest BCUT2D eigenvalue weighted by Crippen LogP contribution is -2.57. The van der Waals surface area contributed by atoms with Crippen LogP contribution in [0, 0.1) is 5.92 Å². The number of carboxylic acid groups (broad SMARTS) is 1. The van der Waals surface area contributed by atoms with Gasteiger partial charge in [-0.25, -0.2) is 9.59 Å². The van der Waals surface area contributed by atoms with Gasteiger partial charge in [0, 0.05) is 19.3 Å². The van der Waals surface area contributed by atoms with Crippen LogP contribution in [0.15, 0.2) is 0 Å². The lowest BCUT2D eigenvalue weighted by Gasteiger charge is -2.32. The largest absolute Gasteiger partial charge is 0.479 e. The topological polar surface area (TPSA) is 116 Å². The lowest BCUT2D eigenvalue weighted by molar-refractivity contribution is -0.147. The highest BCUT2D eigenvalue weighted by molar-refractivity contribution is 8.00. The Hall–Kier alpha value is -1.97. The molecule has 9 nitrogen and oxygen atoms in total. The summed E-state index contributed by atoms with van der Waals surface area (Å²) in [6.45, 7) is 10.6. The van der Waals surface area contributed by atoms with Gasteiger partial charge in [-0.15, -0.1) is 11.8 Å². The fourth-order valence-corrected chi connectivity index (χ4v) is 3.59. The predicted molar refractivity (Wildman–Crippen MR) is 106 cm³/mol. The van der Waals surface area contributed by atoms with E-state index >= 15 is 0 Å². The summed E-state index contributed by atoms with van der Waals surface area (Å²) in [5, 5.41) is 11.0. The molecule has 0 aromatic rings. The molecule has 0 bridgehead atoms. The summed E-state index contributed by atoms with van der Waals surface area (Å²) >= 11 is 1.18. The number of aliphatic carboxylic acids is 1. The molecule has 1 rings (SSSR count). The quantitative estimate of drug-likeness (QED) is 0.670. The third kappa shape index (κ3) is 6.29. The number of carboxylic acids is 1. The Bertz CT molecular complexity index is 619. The molecule has 0 radical (unpaired) electrons. The van der Waals surface area contributed by atoms with Crippen molar-refractivity contribution in [1.82, 2.24) is 15.1 Å². The van der Waals surface area contributed by atoms with Gasteiger partial charge in [0.1, 0.15) is 17.7 Å². The van der Waals surface area contributed by atoms with Crippen molar-refractivity contribution < 1.29 is 29.0 Å². The Kier molecular flexibility index (Phi) is 8.16. The summed E-state index contributed by atoms with van der Waals surface area (Å²) in [5.41, 5.74) is -0.697. The minimum absolute atomic E-state index is 0.254. The summed E-state index contributed by atoms with van der Waals surface area (Å²) in [5.74, 6) is -1.76. The van der Waals surface area contributed by atoms with Gasteiger partial charge in [-0.05, 0) is 33.6 Å². The monoisotopic (exact) mass is 417 g/mol. The minimum Gasteiger partial charge on any atom is -0.479 e. The lowest BCUT2D eigenvalue weighted by atomic mass is 10.0. The molecule has 2 N–H and O–H groups in total. The van der Waals surface area contributed by atoms with Crippen molar-refractivity contribution in [3.63, 3.8) is 0 Å². The van der Waals surface area contributed by atoms with E-state index < -0.39 is 46.9 Å². The maximum absolute atomic E-state index is 12.9. The third-order valence-electron chi connectivity index (χ3n) is 4.26. The molecule has 1 saturated heterocycles. The van der Waals surface area contributed by atoms with Gasteiger partial charge in [0.2, 0.25) is 11.8 Å². The van der Waals surface area contributed by atoms with Crippen LogP contribution in [0.25, 0.3) is 0 Å². The number of carbonyl (C=O) groups is 4. The number of hydrogen-bond acceptors (Lipinski definition) is 6. The Balaban J connectivity index is 2.85. The molecule has 0 saturated carbocycles. The molecule has 160 valence electrons. The van der Waals surface area contributed by atoms with Crippen LogP contribution in [-0.2, 0) is 19.1 Å². The number of carbonyl (C=O) groups excluding carboxylic acids is 3. The zero-order chi connectivity index (χ0) is 21.8. The highest BCUT2D eigenvalue weighted by Gasteiger charge is 2.40. The van der Waals surface area contributed by atoms with E-state index in [0.29, 0.717) is 12.3 Å². The number of hydrogen-bond donors (Lipinski definition) is 2. The van der Waals surface area contributed by atoms with Crippen molar-refractivity contribution in [2.24, 2.45) is 5.92 Å². The zero-order valence-corrected chi connectivity index (χ0v) is 18.3. The van der Waals surface area contributed by atoms with Crippen LogP contribution in [-0.4, -0.2) is 81.2 Å². The van der Waals surface area contributed by atoms with E-state index in [1.807, 2.05) is 0 Å². The Labute approximate surface area is 170 Å². The molecule has 0 spiro atoms. The van der Waals surface area contributed by atoms with Crippen molar-refractivity contribution in [2.75, 3.05) is 19.3 Å². The van der Waals surface area contributed by atoms with Gasteiger partial charge in [-0.3, -0.25) is 14.5 Å². The van der Waals surface area contributed by atoms with E-state index in [9.17, 15) is 24.3 Å². The van der Waals surface area contributed by atoms with Crippen molar-refractivity contribution in [2.45, 2.75) is 64.6 Å². The van der Waals surface area contributed by atoms with E-state index in [4.69, 9.17) is 4.74 Å². The molecular formula is C18H31N3O6S. The van der Waals surface area contributed by atoms with E-state index in [-0.39, 0.29) is 5.92 Å². The second-order valence-electron chi connectivity index (χ2n) is 8.09. The van der Waals surface area contributed by atoms with Crippen LogP contribution < -0.4 is 5.32 Å². The van der Waals surface area contributed by atoms with Gasteiger partial charge >= 0.3 is 12.1 Å². The van der Waals surface area contributed by atoms with Crippen molar-refractivity contribution in [3.8, 4) is 0 Å². The fraction of sp³-hybridized carbons (Fsp3) is 0.778. The van der Waals surface area contributed by atoms with Crippen LogP contribution >= 0.6 is 11.8 Å². The molecule has 0 aromatic heterocycles. The standard InChI is InChI=1S/C18H31N3O6S/c1-10(2)12(14(23)21-8-9-28-15(21)16(24)25)19-13(22)11(3)20(7)17(26)27-18(4,5)6/h10-12,15H,8-9H2,1-7H3,(H,19,22)(H,24,25).